The molecule has 0 fully saturated rings. The van der Waals surface area contributed by atoms with E-state index in [9.17, 15) is 4.79 Å². The predicted molar refractivity (Wildman–Crippen MR) is 60.8 cm³/mol. The Balaban J connectivity index is 0.000000531. The van der Waals surface area contributed by atoms with Crippen molar-refractivity contribution in [3.05, 3.63) is 43.0 Å². The third-order valence-electron chi connectivity index (χ3n) is 2.26. The molecule has 1 unspecified atom stereocenters. The van der Waals surface area contributed by atoms with Gasteiger partial charge in [-0.1, -0.05) is 18.2 Å². The molecule has 15 heavy (non-hydrogen) atoms. The van der Waals surface area contributed by atoms with Crippen LogP contribution in [0.1, 0.15) is 5.56 Å². The van der Waals surface area contributed by atoms with Crippen molar-refractivity contribution in [3.8, 4) is 0 Å². The SMILES string of the molecule is C=C.COC(=O)C1Cc2ccccc2N1. The largest absolute Gasteiger partial charge is 0.467 e. The van der Waals surface area contributed by atoms with Crippen LogP contribution in [0, 0.1) is 0 Å². The predicted octanol–water partition coefficient (Wildman–Crippen LogP) is 2.00. The van der Waals surface area contributed by atoms with Crippen molar-refractivity contribution in [3.63, 3.8) is 0 Å². The minimum atomic E-state index is -0.206. The molecule has 1 atom stereocenters. The number of methoxy groups -OCH3 is 1. The molecule has 0 aromatic heterocycles. The molecule has 1 aromatic rings. The van der Waals surface area contributed by atoms with Crippen LogP contribution in [0.25, 0.3) is 0 Å². The lowest BCUT2D eigenvalue weighted by Crippen LogP contribution is -2.27. The molecule has 1 heterocycles. The van der Waals surface area contributed by atoms with Crippen molar-refractivity contribution in [2.75, 3.05) is 12.4 Å². The molecule has 3 heteroatoms. The number of carbonyl (C=O) groups is 1. The van der Waals surface area contributed by atoms with Crippen LogP contribution >= 0.6 is 0 Å². The molecular weight excluding hydrogens is 190 g/mol. The van der Waals surface area contributed by atoms with E-state index in [-0.39, 0.29) is 12.0 Å². The monoisotopic (exact) mass is 205 g/mol. The maximum Gasteiger partial charge on any atom is 0.328 e. The Labute approximate surface area is 89.8 Å². The zero-order valence-corrected chi connectivity index (χ0v) is 8.82. The molecule has 3 nitrogen and oxygen atoms in total. The number of nitrogens with one attached hydrogen (secondary N) is 1. The van der Waals surface area contributed by atoms with Crippen molar-refractivity contribution >= 4 is 11.7 Å². The number of hydrogen-bond donors (Lipinski definition) is 1. The van der Waals surface area contributed by atoms with Gasteiger partial charge in [-0.2, -0.15) is 0 Å². The average Bonchev–Trinajstić information content (AvgIpc) is 2.74. The highest BCUT2D eigenvalue weighted by Crippen LogP contribution is 2.25. The van der Waals surface area contributed by atoms with Gasteiger partial charge in [0.2, 0.25) is 0 Å². The fourth-order valence-electron chi connectivity index (χ4n) is 1.58. The van der Waals surface area contributed by atoms with Gasteiger partial charge in [-0.3, -0.25) is 0 Å². The summed E-state index contributed by atoms with van der Waals surface area (Å²) in [5.41, 5.74) is 2.22. The van der Waals surface area contributed by atoms with Gasteiger partial charge >= 0.3 is 5.97 Å². The van der Waals surface area contributed by atoms with Gasteiger partial charge in [-0.25, -0.2) is 4.79 Å². The zero-order chi connectivity index (χ0) is 11.3. The molecule has 2 rings (SSSR count). The minimum absolute atomic E-state index is 0.198. The van der Waals surface area contributed by atoms with E-state index < -0.39 is 0 Å². The molecule has 80 valence electrons. The summed E-state index contributed by atoms with van der Waals surface area (Å²) in [6.07, 6.45) is 0.725. The van der Waals surface area contributed by atoms with E-state index >= 15 is 0 Å². The number of rotatable bonds is 1. The van der Waals surface area contributed by atoms with E-state index in [4.69, 9.17) is 0 Å². The molecule has 1 aromatic carbocycles. The Morgan fingerprint density at radius 2 is 2.13 bits per heavy atom. The van der Waals surface area contributed by atoms with Crippen molar-refractivity contribution in [1.29, 1.82) is 0 Å². The number of anilines is 1. The summed E-state index contributed by atoms with van der Waals surface area (Å²) in [5, 5.41) is 3.11. The first-order valence-electron chi connectivity index (χ1n) is 4.73. The molecule has 0 spiro atoms. The number of carbonyl (C=O) groups excluding carboxylic acids is 1. The van der Waals surface area contributed by atoms with Gasteiger partial charge in [0.1, 0.15) is 6.04 Å². The Bertz CT molecular complexity index is 324. The molecule has 0 radical (unpaired) electrons. The lowest BCUT2D eigenvalue weighted by atomic mass is 10.1. The first-order chi connectivity index (χ1) is 7.31. The maximum absolute atomic E-state index is 11.2. The van der Waals surface area contributed by atoms with E-state index in [1.54, 1.807) is 0 Å². The molecule has 0 saturated heterocycles. The highest BCUT2D eigenvalue weighted by atomic mass is 16.5. The Kier molecular flexibility index (Phi) is 3.92. The van der Waals surface area contributed by atoms with E-state index in [0.29, 0.717) is 0 Å². The summed E-state index contributed by atoms with van der Waals surface area (Å²) < 4.78 is 4.66. The van der Waals surface area contributed by atoms with Gasteiger partial charge in [0.05, 0.1) is 7.11 Å². The highest BCUT2D eigenvalue weighted by molar-refractivity contribution is 5.82. The summed E-state index contributed by atoms with van der Waals surface area (Å²) >= 11 is 0. The van der Waals surface area contributed by atoms with Gasteiger partial charge in [-0.15, -0.1) is 13.2 Å². The second-order valence-corrected chi connectivity index (χ2v) is 3.08. The van der Waals surface area contributed by atoms with E-state index in [1.807, 2.05) is 24.3 Å². The van der Waals surface area contributed by atoms with Crippen LogP contribution < -0.4 is 5.32 Å². The first-order valence-corrected chi connectivity index (χ1v) is 4.73. The molecule has 1 aliphatic rings. The lowest BCUT2D eigenvalue weighted by molar-refractivity contribution is -0.141. The Morgan fingerprint density at radius 1 is 1.47 bits per heavy atom. The fourth-order valence-corrected chi connectivity index (χ4v) is 1.58. The van der Waals surface area contributed by atoms with Gasteiger partial charge in [-0.05, 0) is 11.6 Å². The third-order valence-corrected chi connectivity index (χ3v) is 2.26. The number of hydrogen-bond acceptors (Lipinski definition) is 3. The standard InChI is InChI=1S/C10H11NO2.C2H4/c1-13-10(12)9-6-7-4-2-3-5-8(7)11-9;1-2/h2-5,9,11H,6H2,1H3;1-2H2. The summed E-state index contributed by atoms with van der Waals surface area (Å²) in [7, 11) is 1.41. The van der Waals surface area contributed by atoms with Crippen LogP contribution in [-0.2, 0) is 16.0 Å². The van der Waals surface area contributed by atoms with Crippen LogP contribution in [0.4, 0.5) is 5.69 Å². The zero-order valence-electron chi connectivity index (χ0n) is 8.82. The summed E-state index contributed by atoms with van der Waals surface area (Å²) in [4.78, 5) is 11.2. The van der Waals surface area contributed by atoms with Crippen LogP contribution in [-0.4, -0.2) is 19.1 Å². The van der Waals surface area contributed by atoms with Crippen LogP contribution in [0.15, 0.2) is 37.4 Å². The lowest BCUT2D eigenvalue weighted by Gasteiger charge is -2.07. The topological polar surface area (TPSA) is 38.3 Å². The summed E-state index contributed by atoms with van der Waals surface area (Å²) in [6.45, 7) is 6.00. The second kappa shape index (κ2) is 5.20. The third kappa shape index (κ3) is 2.37. The minimum Gasteiger partial charge on any atom is -0.467 e. The molecule has 0 aliphatic carbocycles. The summed E-state index contributed by atoms with van der Waals surface area (Å²) in [6, 6.07) is 7.71. The normalized spacial score (nSPS) is 16.7. The van der Waals surface area contributed by atoms with Crippen molar-refractivity contribution in [2.24, 2.45) is 0 Å². The quantitative estimate of drug-likeness (QED) is 0.563. The van der Waals surface area contributed by atoms with Gasteiger partial charge in [0.15, 0.2) is 0 Å². The number of ether oxygens (including phenoxy) is 1. The maximum atomic E-state index is 11.2. The van der Waals surface area contributed by atoms with Crippen LogP contribution in [0.3, 0.4) is 0 Å². The fraction of sp³-hybridized carbons (Fsp3) is 0.250. The van der Waals surface area contributed by atoms with Crippen molar-refractivity contribution in [2.45, 2.75) is 12.5 Å². The van der Waals surface area contributed by atoms with Crippen LogP contribution in [0.2, 0.25) is 0 Å². The van der Waals surface area contributed by atoms with E-state index in [1.165, 1.54) is 12.7 Å². The van der Waals surface area contributed by atoms with E-state index in [0.717, 1.165) is 12.1 Å². The molecule has 0 amide bonds. The Morgan fingerprint density at radius 3 is 2.73 bits per heavy atom. The second-order valence-electron chi connectivity index (χ2n) is 3.08. The Hall–Kier alpha value is -1.77. The first kappa shape index (κ1) is 11.3. The van der Waals surface area contributed by atoms with E-state index in [2.05, 4.69) is 23.2 Å². The van der Waals surface area contributed by atoms with Crippen molar-refractivity contribution in [1.82, 2.24) is 0 Å². The molecule has 0 saturated carbocycles. The van der Waals surface area contributed by atoms with Crippen molar-refractivity contribution < 1.29 is 9.53 Å². The number of esters is 1. The number of benzene rings is 1. The van der Waals surface area contributed by atoms with Gasteiger partial charge < -0.3 is 10.1 Å². The summed E-state index contributed by atoms with van der Waals surface area (Å²) in [5.74, 6) is -0.198. The van der Waals surface area contributed by atoms with Gasteiger partial charge in [0, 0.05) is 12.1 Å². The molecule has 1 aliphatic heterocycles. The number of fused-ring (bicyclic) bond motifs is 1. The average molecular weight is 205 g/mol. The number of para-hydroxylation sites is 1. The molecular formula is C12H15NO2. The molecule has 1 N–H and O–H groups in total. The molecule has 0 bridgehead atoms. The van der Waals surface area contributed by atoms with Crippen LogP contribution in [0.5, 0.6) is 0 Å². The van der Waals surface area contributed by atoms with Gasteiger partial charge in [0.25, 0.3) is 0 Å². The highest BCUT2D eigenvalue weighted by Gasteiger charge is 2.26. The smallest absolute Gasteiger partial charge is 0.328 e.